The summed E-state index contributed by atoms with van der Waals surface area (Å²) in [5.41, 5.74) is 8.63. The molecule has 0 aliphatic heterocycles. The average Bonchev–Trinajstić information content (AvgIpc) is 2.72. The van der Waals surface area contributed by atoms with Gasteiger partial charge in [0, 0.05) is 0 Å². The average molecular weight is 210 g/mol. The summed E-state index contributed by atoms with van der Waals surface area (Å²) in [6, 6.07) is 16.0. The molecule has 3 rings (SSSR count). The molecule has 0 aliphatic rings. The number of fused-ring (bicyclic) bond motifs is 1. The second-order valence-corrected chi connectivity index (χ2v) is 3.64. The van der Waals surface area contributed by atoms with Crippen molar-refractivity contribution in [3.05, 3.63) is 48.5 Å². The molecule has 78 valence electrons. The minimum atomic E-state index is 0.439. The molecule has 0 aliphatic carbocycles. The number of nitrogens with two attached hydrogens (primary N) is 1. The lowest BCUT2D eigenvalue weighted by molar-refractivity contribution is 0.460. The molecule has 0 radical (unpaired) electrons. The van der Waals surface area contributed by atoms with E-state index < -0.39 is 0 Å². The van der Waals surface area contributed by atoms with Gasteiger partial charge in [-0.15, -0.1) is 0 Å². The topological polar surface area (TPSA) is 52.0 Å². The van der Waals surface area contributed by atoms with Crippen LogP contribution in [0, 0.1) is 0 Å². The van der Waals surface area contributed by atoms with Gasteiger partial charge < -0.3 is 10.3 Å². The molecule has 0 fully saturated rings. The van der Waals surface area contributed by atoms with E-state index in [1.54, 1.807) is 0 Å². The number of hydrogen-bond donors (Lipinski definition) is 1. The highest BCUT2D eigenvalue weighted by molar-refractivity contribution is 5.90. The molecule has 16 heavy (non-hydrogen) atoms. The lowest BCUT2D eigenvalue weighted by Crippen LogP contribution is -1.83. The van der Waals surface area contributed by atoms with E-state index in [4.69, 9.17) is 10.3 Å². The molecule has 1 aromatic heterocycles. The largest absolute Gasteiger partial charge is 0.380 e. The zero-order valence-corrected chi connectivity index (χ0v) is 8.55. The molecule has 0 saturated heterocycles. The summed E-state index contributed by atoms with van der Waals surface area (Å²) in [4.78, 5) is 0. The van der Waals surface area contributed by atoms with Gasteiger partial charge in [-0.1, -0.05) is 41.6 Å². The van der Waals surface area contributed by atoms with Gasteiger partial charge in [-0.25, -0.2) is 0 Å². The molecule has 0 saturated carbocycles. The smallest absolute Gasteiger partial charge is 0.174 e. The van der Waals surface area contributed by atoms with Crippen LogP contribution in [-0.2, 0) is 0 Å². The lowest BCUT2D eigenvalue weighted by Gasteiger charge is -1.99. The monoisotopic (exact) mass is 210 g/mol. The van der Waals surface area contributed by atoms with Crippen molar-refractivity contribution in [3.8, 4) is 11.1 Å². The molecule has 3 aromatic rings. The van der Waals surface area contributed by atoms with Crippen LogP contribution in [-0.4, -0.2) is 5.16 Å². The van der Waals surface area contributed by atoms with Crippen molar-refractivity contribution >= 4 is 16.8 Å². The van der Waals surface area contributed by atoms with Crippen LogP contribution in [0.2, 0.25) is 0 Å². The molecule has 3 heteroatoms. The molecule has 0 unspecified atom stereocenters. The second kappa shape index (κ2) is 3.38. The van der Waals surface area contributed by atoms with E-state index in [-0.39, 0.29) is 0 Å². The lowest BCUT2D eigenvalue weighted by atomic mass is 10.0. The molecule has 0 atom stereocenters. The number of nitrogens with zero attached hydrogens (tertiary/aromatic N) is 1. The minimum absolute atomic E-state index is 0.439. The van der Waals surface area contributed by atoms with Gasteiger partial charge in [-0.05, 0) is 23.3 Å². The van der Waals surface area contributed by atoms with Crippen molar-refractivity contribution in [2.45, 2.75) is 0 Å². The highest BCUT2D eigenvalue weighted by Crippen LogP contribution is 2.26. The standard InChI is InChI=1S/C13H10N2O/c14-13-11-7-6-10(8-12(11)16-15-13)9-4-2-1-3-5-9/h1-8H,(H2,14,15). The molecule has 1 heterocycles. The van der Waals surface area contributed by atoms with Gasteiger partial charge in [-0.3, -0.25) is 0 Å². The first-order valence-corrected chi connectivity index (χ1v) is 5.05. The molecule has 2 aromatic carbocycles. The number of anilines is 1. The minimum Gasteiger partial charge on any atom is -0.380 e. The Hall–Kier alpha value is -2.29. The van der Waals surface area contributed by atoms with E-state index in [1.807, 2.05) is 36.4 Å². The van der Waals surface area contributed by atoms with Crippen LogP contribution >= 0.6 is 0 Å². The van der Waals surface area contributed by atoms with Gasteiger partial charge in [0.05, 0.1) is 5.39 Å². The zero-order chi connectivity index (χ0) is 11.0. The van der Waals surface area contributed by atoms with Gasteiger partial charge in [0.25, 0.3) is 0 Å². The number of rotatable bonds is 1. The molecule has 3 nitrogen and oxygen atoms in total. The molecule has 2 N–H and O–H groups in total. The van der Waals surface area contributed by atoms with Crippen molar-refractivity contribution in [2.24, 2.45) is 0 Å². The summed E-state index contributed by atoms with van der Waals surface area (Å²) in [6.07, 6.45) is 0. The van der Waals surface area contributed by atoms with E-state index in [2.05, 4.69) is 17.3 Å². The van der Waals surface area contributed by atoms with Gasteiger partial charge in [0.15, 0.2) is 11.4 Å². The van der Waals surface area contributed by atoms with Crippen LogP contribution in [0.4, 0.5) is 5.82 Å². The Kier molecular flexibility index (Phi) is 1.90. The van der Waals surface area contributed by atoms with Crippen molar-refractivity contribution in [1.82, 2.24) is 5.16 Å². The summed E-state index contributed by atoms with van der Waals surface area (Å²) in [5.74, 6) is 0.439. The van der Waals surface area contributed by atoms with E-state index in [0.717, 1.165) is 22.1 Å². The summed E-state index contributed by atoms with van der Waals surface area (Å²) in [7, 11) is 0. The zero-order valence-electron chi connectivity index (χ0n) is 8.55. The number of hydrogen-bond acceptors (Lipinski definition) is 3. The van der Waals surface area contributed by atoms with E-state index in [0.29, 0.717) is 5.82 Å². The molecule has 0 bridgehead atoms. The fourth-order valence-corrected chi connectivity index (χ4v) is 1.77. The van der Waals surface area contributed by atoms with Crippen LogP contribution in [0.1, 0.15) is 0 Å². The van der Waals surface area contributed by atoms with Gasteiger partial charge in [-0.2, -0.15) is 0 Å². The van der Waals surface area contributed by atoms with Gasteiger partial charge in [0.1, 0.15) is 0 Å². The van der Waals surface area contributed by atoms with Gasteiger partial charge >= 0.3 is 0 Å². The summed E-state index contributed by atoms with van der Waals surface area (Å²) in [5, 5.41) is 4.59. The van der Waals surface area contributed by atoms with Crippen molar-refractivity contribution < 1.29 is 4.52 Å². The Morgan fingerprint density at radius 3 is 2.56 bits per heavy atom. The maximum Gasteiger partial charge on any atom is 0.174 e. The third kappa shape index (κ3) is 1.34. The fraction of sp³-hybridized carbons (Fsp3) is 0. The fourth-order valence-electron chi connectivity index (χ4n) is 1.77. The van der Waals surface area contributed by atoms with Crippen molar-refractivity contribution in [1.29, 1.82) is 0 Å². The van der Waals surface area contributed by atoms with E-state index in [9.17, 15) is 0 Å². The van der Waals surface area contributed by atoms with Crippen LogP contribution in [0.15, 0.2) is 53.1 Å². The quantitative estimate of drug-likeness (QED) is 0.671. The third-order valence-electron chi connectivity index (χ3n) is 2.61. The Balaban J connectivity index is 2.19. The number of nitrogen functional groups attached to an aromatic ring is 1. The highest BCUT2D eigenvalue weighted by Gasteiger charge is 2.05. The Bertz CT molecular complexity index is 629. The first kappa shape index (κ1) is 8.97. The van der Waals surface area contributed by atoms with Crippen LogP contribution in [0.3, 0.4) is 0 Å². The summed E-state index contributed by atoms with van der Waals surface area (Å²) in [6.45, 7) is 0. The molecule has 0 amide bonds. The van der Waals surface area contributed by atoms with Gasteiger partial charge in [0.2, 0.25) is 0 Å². The van der Waals surface area contributed by atoms with Crippen molar-refractivity contribution in [3.63, 3.8) is 0 Å². The predicted molar refractivity (Wildman–Crippen MR) is 63.9 cm³/mol. The molecule has 0 spiro atoms. The first-order chi connectivity index (χ1) is 7.84. The molecular formula is C13H10N2O. The molecular weight excluding hydrogens is 200 g/mol. The maximum atomic E-state index is 5.66. The highest BCUT2D eigenvalue weighted by atomic mass is 16.5. The van der Waals surface area contributed by atoms with E-state index in [1.165, 1.54) is 0 Å². The van der Waals surface area contributed by atoms with Crippen LogP contribution in [0.25, 0.3) is 22.1 Å². The Morgan fingerprint density at radius 2 is 1.75 bits per heavy atom. The Labute approximate surface area is 92.5 Å². The normalized spacial score (nSPS) is 10.8. The Morgan fingerprint density at radius 1 is 0.938 bits per heavy atom. The second-order valence-electron chi connectivity index (χ2n) is 3.64. The number of aromatic nitrogens is 1. The maximum absolute atomic E-state index is 5.66. The summed E-state index contributed by atoms with van der Waals surface area (Å²) < 4.78 is 5.14. The summed E-state index contributed by atoms with van der Waals surface area (Å²) >= 11 is 0. The van der Waals surface area contributed by atoms with Crippen molar-refractivity contribution in [2.75, 3.05) is 5.73 Å². The van der Waals surface area contributed by atoms with Crippen LogP contribution < -0.4 is 5.73 Å². The van der Waals surface area contributed by atoms with E-state index >= 15 is 0 Å². The predicted octanol–water partition coefficient (Wildman–Crippen LogP) is 3.08. The van der Waals surface area contributed by atoms with Crippen LogP contribution in [0.5, 0.6) is 0 Å². The third-order valence-corrected chi connectivity index (χ3v) is 2.61. The SMILES string of the molecule is Nc1noc2cc(-c3ccccc3)ccc12. The number of benzene rings is 2. The first-order valence-electron chi connectivity index (χ1n) is 5.05.